The monoisotopic (exact) mass is 728 g/mol. The van der Waals surface area contributed by atoms with E-state index in [0.29, 0.717) is 47.2 Å². The number of hydrogen-bond donors (Lipinski definition) is 2. The predicted octanol–water partition coefficient (Wildman–Crippen LogP) is 8.38. The standard InChI is InChI=1S/C45H77NO6/c1-10-49-39(41(6,7)48)31-25-28(2)36-37(51-31)38(47)43(9)33-18-17-32-40(4,5)34(19-20-44(32)27-45(33,44)22-21-42(36,43)8)52-35-26-46(23-24-50-35)29(3)30-15-13-11-12-14-16-30/h28-39,47-48H,10-27H2,1-9H3. The summed E-state index contributed by atoms with van der Waals surface area (Å²) in [5.74, 6) is 2.68. The van der Waals surface area contributed by atoms with Crippen LogP contribution in [-0.2, 0) is 18.9 Å². The lowest BCUT2D eigenvalue weighted by molar-refractivity contribution is -0.251. The first-order valence-corrected chi connectivity index (χ1v) is 22.2. The summed E-state index contributed by atoms with van der Waals surface area (Å²) < 4.78 is 26.7. The normalized spacial score (nSPS) is 50.5. The van der Waals surface area contributed by atoms with Gasteiger partial charge in [-0.1, -0.05) is 60.3 Å². The van der Waals surface area contributed by atoms with Crippen LogP contribution in [0.4, 0.5) is 0 Å². The Hall–Kier alpha value is -0.280. The van der Waals surface area contributed by atoms with E-state index >= 15 is 0 Å². The number of morpholine rings is 1. The maximum atomic E-state index is 12.7. The zero-order valence-corrected chi connectivity index (χ0v) is 34.6. The van der Waals surface area contributed by atoms with Gasteiger partial charge in [0.2, 0.25) is 0 Å². The number of nitrogens with zero attached hydrogens (tertiary/aromatic N) is 1. The molecule has 15 unspecified atom stereocenters. The zero-order valence-electron chi connectivity index (χ0n) is 34.6. The molecule has 15 atom stereocenters. The molecule has 6 aliphatic carbocycles. The van der Waals surface area contributed by atoms with Crippen molar-refractivity contribution >= 4 is 0 Å². The Kier molecular flexibility index (Phi) is 9.95. The molecule has 8 rings (SSSR count). The van der Waals surface area contributed by atoms with Gasteiger partial charge in [0, 0.05) is 31.2 Å². The summed E-state index contributed by atoms with van der Waals surface area (Å²) in [6.07, 6.45) is 16.6. The Morgan fingerprint density at radius 3 is 2.31 bits per heavy atom. The highest BCUT2D eigenvalue weighted by Crippen LogP contribution is 2.89. The first-order chi connectivity index (χ1) is 24.5. The van der Waals surface area contributed by atoms with Gasteiger partial charge >= 0.3 is 0 Å². The molecule has 0 radical (unpaired) electrons. The van der Waals surface area contributed by atoms with Crippen LogP contribution in [0.3, 0.4) is 0 Å². The number of aliphatic hydroxyl groups is 2. The molecule has 2 spiro atoms. The summed E-state index contributed by atoms with van der Waals surface area (Å²) in [6, 6.07) is 0.609. The van der Waals surface area contributed by atoms with E-state index in [0.717, 1.165) is 38.5 Å². The first-order valence-electron chi connectivity index (χ1n) is 22.2. The molecule has 0 aromatic rings. The van der Waals surface area contributed by atoms with Crippen LogP contribution in [0.15, 0.2) is 0 Å². The highest BCUT2D eigenvalue weighted by molar-refractivity contribution is 5.33. The summed E-state index contributed by atoms with van der Waals surface area (Å²) in [6.45, 7) is 23.9. The van der Waals surface area contributed by atoms with Crippen molar-refractivity contribution in [3.63, 3.8) is 0 Å². The summed E-state index contributed by atoms with van der Waals surface area (Å²) in [4.78, 5) is 2.70. The lowest BCUT2D eigenvalue weighted by atomic mass is 9.41. The van der Waals surface area contributed by atoms with Crippen molar-refractivity contribution in [2.75, 3.05) is 26.3 Å². The van der Waals surface area contributed by atoms with E-state index in [-0.39, 0.29) is 40.8 Å². The SMILES string of the molecule is CCOC(C1CC(C)C2C(O1)C(O)C1(C)C3CCC4C(C)(C)C(OC5CN(C(C)C6CCCCCC6)CCO5)CCC45CC35CCC21C)C(C)(C)O. The summed E-state index contributed by atoms with van der Waals surface area (Å²) in [7, 11) is 0. The molecule has 2 heterocycles. The molecular formula is C45H77NO6. The van der Waals surface area contributed by atoms with Gasteiger partial charge in [-0.15, -0.1) is 0 Å². The number of ether oxygens (including phenoxy) is 4. The third-order valence-corrected chi connectivity index (χ3v) is 18.7. The van der Waals surface area contributed by atoms with E-state index in [1.165, 1.54) is 77.0 Å². The molecule has 52 heavy (non-hydrogen) atoms. The minimum Gasteiger partial charge on any atom is -0.390 e. The molecular weight excluding hydrogens is 650 g/mol. The predicted molar refractivity (Wildman–Crippen MR) is 205 cm³/mol. The topological polar surface area (TPSA) is 80.6 Å². The lowest BCUT2D eigenvalue weighted by Gasteiger charge is -2.64. The molecule has 2 saturated heterocycles. The summed E-state index contributed by atoms with van der Waals surface area (Å²) in [5.41, 5.74) is -0.412. The molecule has 0 aromatic heterocycles. The summed E-state index contributed by atoms with van der Waals surface area (Å²) in [5, 5.41) is 23.8. The molecule has 7 heteroatoms. The van der Waals surface area contributed by atoms with Crippen LogP contribution in [0.5, 0.6) is 0 Å². The molecule has 0 amide bonds. The Bertz CT molecular complexity index is 1290. The Labute approximate surface area is 317 Å². The van der Waals surface area contributed by atoms with E-state index in [4.69, 9.17) is 18.9 Å². The van der Waals surface area contributed by atoms with E-state index in [9.17, 15) is 10.2 Å². The quantitative estimate of drug-likeness (QED) is 0.243. The van der Waals surface area contributed by atoms with Crippen LogP contribution in [0.2, 0.25) is 0 Å². The van der Waals surface area contributed by atoms with E-state index in [2.05, 4.69) is 46.4 Å². The van der Waals surface area contributed by atoms with E-state index < -0.39 is 17.8 Å². The van der Waals surface area contributed by atoms with Crippen molar-refractivity contribution in [2.24, 2.45) is 56.7 Å². The second kappa shape index (κ2) is 13.4. The fraction of sp³-hybridized carbons (Fsp3) is 1.00. The number of fused-ring (bicyclic) bond motifs is 4. The van der Waals surface area contributed by atoms with Crippen LogP contribution in [-0.4, -0.2) is 89.9 Å². The molecule has 298 valence electrons. The first kappa shape index (κ1) is 38.6. The minimum absolute atomic E-state index is 0.0256. The number of aliphatic hydroxyl groups excluding tert-OH is 1. The minimum atomic E-state index is -1.01. The van der Waals surface area contributed by atoms with Gasteiger partial charge in [0.15, 0.2) is 6.29 Å². The summed E-state index contributed by atoms with van der Waals surface area (Å²) >= 11 is 0. The van der Waals surface area contributed by atoms with Crippen LogP contribution >= 0.6 is 0 Å². The van der Waals surface area contributed by atoms with Crippen LogP contribution in [0.1, 0.15) is 152 Å². The number of rotatable bonds is 8. The van der Waals surface area contributed by atoms with Crippen LogP contribution in [0, 0.1) is 56.7 Å². The second-order valence-corrected chi connectivity index (χ2v) is 21.5. The Morgan fingerprint density at radius 1 is 0.923 bits per heavy atom. The van der Waals surface area contributed by atoms with Crippen molar-refractivity contribution in [1.82, 2.24) is 4.90 Å². The van der Waals surface area contributed by atoms with Gasteiger partial charge in [0.1, 0.15) is 6.10 Å². The van der Waals surface area contributed by atoms with Crippen molar-refractivity contribution < 1.29 is 29.2 Å². The number of hydrogen-bond acceptors (Lipinski definition) is 7. The largest absolute Gasteiger partial charge is 0.390 e. The molecule has 0 aromatic carbocycles. The zero-order chi connectivity index (χ0) is 37.1. The molecule has 0 bridgehead atoms. The van der Waals surface area contributed by atoms with Crippen molar-refractivity contribution in [3.8, 4) is 0 Å². The van der Waals surface area contributed by atoms with Gasteiger partial charge in [0.25, 0.3) is 0 Å². The highest BCUT2D eigenvalue weighted by Gasteiger charge is 2.84. The Morgan fingerprint density at radius 2 is 1.62 bits per heavy atom. The van der Waals surface area contributed by atoms with Crippen molar-refractivity contribution in [1.29, 1.82) is 0 Å². The molecule has 2 N–H and O–H groups in total. The van der Waals surface area contributed by atoms with Gasteiger partial charge in [-0.3, -0.25) is 4.90 Å². The molecule has 6 saturated carbocycles. The molecule has 8 aliphatic rings. The van der Waals surface area contributed by atoms with Crippen LogP contribution in [0.25, 0.3) is 0 Å². The maximum Gasteiger partial charge on any atom is 0.170 e. The average Bonchev–Trinajstić information content (AvgIpc) is 3.80. The fourth-order valence-corrected chi connectivity index (χ4v) is 16.1. The Balaban J connectivity index is 0.984. The van der Waals surface area contributed by atoms with Gasteiger partial charge < -0.3 is 29.2 Å². The van der Waals surface area contributed by atoms with Gasteiger partial charge in [-0.05, 0) is 143 Å². The van der Waals surface area contributed by atoms with Crippen molar-refractivity contribution in [3.05, 3.63) is 0 Å². The van der Waals surface area contributed by atoms with Crippen LogP contribution < -0.4 is 0 Å². The van der Waals surface area contributed by atoms with Crippen molar-refractivity contribution in [2.45, 2.75) is 201 Å². The fourth-order valence-electron chi connectivity index (χ4n) is 16.1. The second-order valence-electron chi connectivity index (χ2n) is 21.5. The van der Waals surface area contributed by atoms with E-state index in [1.54, 1.807) is 0 Å². The van der Waals surface area contributed by atoms with E-state index in [1.807, 2.05) is 20.8 Å². The lowest BCUT2D eigenvalue weighted by Crippen LogP contribution is -2.60. The smallest absolute Gasteiger partial charge is 0.170 e. The maximum absolute atomic E-state index is 12.7. The molecule has 8 fully saturated rings. The van der Waals surface area contributed by atoms with Gasteiger partial charge in [-0.2, -0.15) is 0 Å². The third-order valence-electron chi connectivity index (χ3n) is 18.7. The van der Waals surface area contributed by atoms with Gasteiger partial charge in [0.05, 0.1) is 36.6 Å². The van der Waals surface area contributed by atoms with Gasteiger partial charge in [-0.25, -0.2) is 0 Å². The highest BCUT2D eigenvalue weighted by atomic mass is 16.7. The average molecular weight is 728 g/mol. The molecule has 2 aliphatic heterocycles. The molecule has 7 nitrogen and oxygen atoms in total. The third kappa shape index (κ3) is 5.56.